The van der Waals surface area contributed by atoms with E-state index < -0.39 is 0 Å². The first-order chi connectivity index (χ1) is 14.4. The molecule has 0 spiro atoms. The fraction of sp³-hybridized carbons (Fsp3) is 0.263. The minimum absolute atomic E-state index is 0.254. The molecule has 158 valence electrons. The number of pyridine rings is 1. The number of hydrogen-bond donors (Lipinski definition) is 2. The Bertz CT molecular complexity index is 977. The van der Waals surface area contributed by atoms with Gasteiger partial charge >= 0.3 is 0 Å². The number of anilines is 2. The van der Waals surface area contributed by atoms with Crippen molar-refractivity contribution in [3.63, 3.8) is 0 Å². The van der Waals surface area contributed by atoms with Crippen molar-refractivity contribution in [2.45, 2.75) is 15.7 Å². The molecule has 0 bridgehead atoms. The van der Waals surface area contributed by atoms with Gasteiger partial charge in [-0.15, -0.1) is 10.2 Å². The summed E-state index contributed by atoms with van der Waals surface area (Å²) in [7, 11) is 4.11. The van der Waals surface area contributed by atoms with Crippen molar-refractivity contribution in [2.24, 2.45) is 0 Å². The first kappa shape index (κ1) is 22.8. The summed E-state index contributed by atoms with van der Waals surface area (Å²) in [5, 5.41) is 15.3. The van der Waals surface area contributed by atoms with Crippen LogP contribution in [0.4, 0.5) is 11.4 Å². The summed E-state index contributed by atoms with van der Waals surface area (Å²) in [6.07, 6.45) is 4.06. The Morgan fingerprint density at radius 3 is 2.43 bits per heavy atom. The number of aromatic nitrogens is 3. The summed E-state index contributed by atoms with van der Waals surface area (Å²) in [4.78, 5) is 19.2. The van der Waals surface area contributed by atoms with Crippen molar-refractivity contribution in [1.82, 2.24) is 20.1 Å². The Morgan fingerprint density at radius 2 is 1.77 bits per heavy atom. The Hall–Kier alpha value is -1.91. The number of amides is 1. The third-order valence-electron chi connectivity index (χ3n) is 3.85. The molecule has 3 rings (SSSR count). The highest BCUT2D eigenvalue weighted by Gasteiger charge is 2.16. The molecule has 2 aromatic heterocycles. The lowest BCUT2D eigenvalue weighted by atomic mass is 10.2. The maximum atomic E-state index is 12.5. The smallest absolute Gasteiger partial charge is 0.286 e. The fourth-order valence-electron chi connectivity index (χ4n) is 2.41. The lowest BCUT2D eigenvalue weighted by molar-refractivity contribution is 0.102. The fourth-order valence-corrected chi connectivity index (χ4v) is 4.69. The van der Waals surface area contributed by atoms with E-state index in [1.165, 1.54) is 35.5 Å². The van der Waals surface area contributed by atoms with Crippen LogP contribution in [-0.4, -0.2) is 53.2 Å². The van der Waals surface area contributed by atoms with Crippen molar-refractivity contribution in [3.8, 4) is 0 Å². The molecule has 0 aliphatic carbocycles. The number of carbonyl (C=O) groups excluding carboxylic acids is 1. The molecule has 0 aliphatic rings. The van der Waals surface area contributed by atoms with E-state index in [0.717, 1.165) is 25.2 Å². The van der Waals surface area contributed by atoms with E-state index in [4.69, 9.17) is 23.2 Å². The van der Waals surface area contributed by atoms with E-state index in [1.807, 2.05) is 24.3 Å². The summed E-state index contributed by atoms with van der Waals surface area (Å²) in [6.45, 7) is 1.92. The highest BCUT2D eigenvalue weighted by Crippen LogP contribution is 2.38. The minimum atomic E-state index is -0.321. The Labute approximate surface area is 193 Å². The molecule has 0 saturated heterocycles. The maximum Gasteiger partial charge on any atom is 0.286 e. The molecule has 3 aromatic rings. The van der Waals surface area contributed by atoms with Gasteiger partial charge in [0, 0.05) is 30.3 Å². The summed E-state index contributed by atoms with van der Waals surface area (Å²) in [5.41, 5.74) is 1.69. The predicted molar refractivity (Wildman–Crippen MR) is 124 cm³/mol. The number of nitrogens with one attached hydrogen (secondary N) is 2. The second-order valence-corrected chi connectivity index (χ2v) is 9.57. The number of halogens is 2. The van der Waals surface area contributed by atoms with E-state index in [-0.39, 0.29) is 10.9 Å². The molecule has 0 atom stereocenters. The van der Waals surface area contributed by atoms with Crippen molar-refractivity contribution < 1.29 is 4.79 Å². The Morgan fingerprint density at radius 1 is 1.10 bits per heavy atom. The molecule has 2 N–H and O–H groups in total. The number of carbonyl (C=O) groups is 1. The number of rotatable bonds is 9. The monoisotopic (exact) mass is 482 g/mol. The van der Waals surface area contributed by atoms with E-state index >= 15 is 0 Å². The average molecular weight is 483 g/mol. The minimum Gasteiger partial charge on any atom is -0.385 e. The number of benzene rings is 1. The third kappa shape index (κ3) is 6.55. The molecular formula is C19H20Cl2N6OS2. The van der Waals surface area contributed by atoms with Gasteiger partial charge in [0.1, 0.15) is 0 Å². The zero-order valence-electron chi connectivity index (χ0n) is 16.4. The van der Waals surface area contributed by atoms with Gasteiger partial charge in [0.25, 0.3) is 5.91 Å². The van der Waals surface area contributed by atoms with Crippen molar-refractivity contribution in [3.05, 3.63) is 51.7 Å². The second kappa shape index (κ2) is 10.9. The molecule has 11 heteroatoms. The highest BCUT2D eigenvalue weighted by atomic mass is 35.5. The van der Waals surface area contributed by atoms with Gasteiger partial charge < -0.3 is 15.5 Å². The Balaban J connectivity index is 1.55. The molecular weight excluding hydrogens is 463 g/mol. The lowest BCUT2D eigenvalue weighted by Gasteiger charge is -2.11. The molecule has 0 fully saturated rings. The van der Waals surface area contributed by atoms with Crippen molar-refractivity contribution >= 4 is 63.6 Å². The molecule has 0 radical (unpaired) electrons. The predicted octanol–water partition coefficient (Wildman–Crippen LogP) is 5.01. The lowest BCUT2D eigenvalue weighted by Crippen LogP contribution is -2.16. The number of nitrogens with zero attached hydrogens (tertiary/aromatic N) is 4. The SMILES string of the molecule is CN(C)CCCNc1ccc(NC(=O)c2nnc(Sc3c(Cl)cncc3Cl)s2)cc1. The Kier molecular flexibility index (Phi) is 8.29. The topological polar surface area (TPSA) is 83.0 Å². The van der Waals surface area contributed by atoms with Gasteiger partial charge in [0.05, 0.1) is 14.9 Å². The molecule has 0 saturated carbocycles. The van der Waals surface area contributed by atoms with Crippen LogP contribution in [0.25, 0.3) is 0 Å². The standard InChI is InChI=1S/C19H20Cl2N6OS2/c1-27(2)9-3-8-23-12-4-6-13(7-5-12)24-17(28)18-25-26-19(30-18)29-16-14(20)10-22-11-15(16)21/h4-7,10-11,23H,3,8-9H2,1-2H3,(H,24,28). The van der Waals surface area contributed by atoms with Crippen LogP contribution in [0.1, 0.15) is 16.2 Å². The molecule has 7 nitrogen and oxygen atoms in total. The van der Waals surface area contributed by atoms with E-state index in [9.17, 15) is 4.79 Å². The third-order valence-corrected chi connectivity index (χ3v) is 6.77. The van der Waals surface area contributed by atoms with Gasteiger partial charge in [-0.3, -0.25) is 9.78 Å². The zero-order chi connectivity index (χ0) is 21.5. The summed E-state index contributed by atoms with van der Waals surface area (Å²) >= 11 is 14.7. The normalized spacial score (nSPS) is 11.0. The first-order valence-electron chi connectivity index (χ1n) is 9.03. The van der Waals surface area contributed by atoms with Gasteiger partial charge in [-0.1, -0.05) is 46.3 Å². The summed E-state index contributed by atoms with van der Waals surface area (Å²) in [5.74, 6) is -0.321. The quantitative estimate of drug-likeness (QED) is 0.414. The zero-order valence-corrected chi connectivity index (χ0v) is 19.5. The van der Waals surface area contributed by atoms with Gasteiger partial charge in [-0.05, 0) is 51.3 Å². The molecule has 1 aromatic carbocycles. The molecule has 30 heavy (non-hydrogen) atoms. The molecule has 0 unspecified atom stereocenters. The van der Waals surface area contributed by atoms with Crippen LogP contribution in [0.5, 0.6) is 0 Å². The summed E-state index contributed by atoms with van der Waals surface area (Å²) in [6, 6.07) is 7.55. The molecule has 0 aliphatic heterocycles. The van der Waals surface area contributed by atoms with Crippen LogP contribution in [-0.2, 0) is 0 Å². The van der Waals surface area contributed by atoms with E-state index in [2.05, 4.69) is 44.8 Å². The number of hydrogen-bond acceptors (Lipinski definition) is 8. The van der Waals surface area contributed by atoms with Crippen LogP contribution in [0.15, 0.2) is 45.9 Å². The molecule has 2 heterocycles. The average Bonchev–Trinajstić information content (AvgIpc) is 3.18. The van der Waals surface area contributed by atoms with Crippen LogP contribution in [0, 0.1) is 0 Å². The van der Waals surface area contributed by atoms with Crippen LogP contribution in [0.2, 0.25) is 10.0 Å². The van der Waals surface area contributed by atoms with Gasteiger partial charge in [-0.25, -0.2) is 0 Å². The van der Waals surface area contributed by atoms with Gasteiger partial charge in [0.2, 0.25) is 5.01 Å². The van der Waals surface area contributed by atoms with Crippen LogP contribution >= 0.6 is 46.3 Å². The summed E-state index contributed by atoms with van der Waals surface area (Å²) < 4.78 is 0.562. The maximum absolute atomic E-state index is 12.5. The van der Waals surface area contributed by atoms with Crippen LogP contribution in [0.3, 0.4) is 0 Å². The van der Waals surface area contributed by atoms with Crippen molar-refractivity contribution in [2.75, 3.05) is 37.8 Å². The van der Waals surface area contributed by atoms with Crippen molar-refractivity contribution in [1.29, 1.82) is 0 Å². The first-order valence-corrected chi connectivity index (χ1v) is 11.4. The molecule has 1 amide bonds. The van der Waals surface area contributed by atoms with Gasteiger partial charge in [-0.2, -0.15) is 0 Å². The highest BCUT2D eigenvalue weighted by molar-refractivity contribution is 8.01. The van der Waals surface area contributed by atoms with E-state index in [1.54, 1.807) is 0 Å². The van der Waals surface area contributed by atoms with Gasteiger partial charge in [0.15, 0.2) is 4.34 Å². The van der Waals surface area contributed by atoms with E-state index in [0.29, 0.717) is 25.0 Å². The largest absolute Gasteiger partial charge is 0.385 e. The van der Waals surface area contributed by atoms with Crippen LogP contribution < -0.4 is 10.6 Å². The second-order valence-electron chi connectivity index (χ2n) is 6.52.